The van der Waals surface area contributed by atoms with Crippen LogP contribution in [0.5, 0.6) is 0 Å². The summed E-state index contributed by atoms with van der Waals surface area (Å²) in [6.07, 6.45) is 1.77. The van der Waals surface area contributed by atoms with E-state index >= 15 is 0 Å². The Hall–Kier alpha value is -1.39. The van der Waals surface area contributed by atoms with E-state index in [-0.39, 0.29) is 0 Å². The fraction of sp³-hybridized carbons (Fsp3) is 0.250. The number of hydrogen-bond donors (Lipinski definition) is 2. The number of thiophene rings is 1. The number of nitrogens with two attached hydrogens (primary N) is 1. The lowest BCUT2D eigenvalue weighted by Gasteiger charge is -2.05. The maximum Gasteiger partial charge on any atom is 0.0770 e. The van der Waals surface area contributed by atoms with Gasteiger partial charge in [-0.1, -0.05) is 0 Å². The fourth-order valence-corrected chi connectivity index (χ4v) is 2.35. The van der Waals surface area contributed by atoms with Gasteiger partial charge in [0.15, 0.2) is 0 Å². The van der Waals surface area contributed by atoms with E-state index < -0.39 is 0 Å². The number of hydrogen-bond acceptors (Lipinski definition) is 4. The first-order valence-corrected chi connectivity index (χ1v) is 6.08. The van der Waals surface area contributed by atoms with E-state index in [1.165, 1.54) is 10.4 Å². The number of aryl methyl sites for hydroxylation is 1. The van der Waals surface area contributed by atoms with Crippen LogP contribution in [0.3, 0.4) is 0 Å². The smallest absolute Gasteiger partial charge is 0.0770 e. The van der Waals surface area contributed by atoms with Gasteiger partial charge in [-0.05, 0) is 36.1 Å². The van der Waals surface area contributed by atoms with Crippen molar-refractivity contribution < 1.29 is 0 Å². The van der Waals surface area contributed by atoms with Crippen molar-refractivity contribution >= 4 is 17.0 Å². The van der Waals surface area contributed by atoms with Crippen molar-refractivity contribution in [2.24, 2.45) is 0 Å². The zero-order valence-corrected chi connectivity index (χ0v) is 10.1. The first-order valence-electron chi connectivity index (χ1n) is 5.20. The first kappa shape index (κ1) is 11.1. The maximum absolute atomic E-state index is 5.81. The van der Waals surface area contributed by atoms with Gasteiger partial charge >= 0.3 is 0 Å². The molecule has 3 nitrogen and oxygen atoms in total. The Morgan fingerprint density at radius 1 is 1.38 bits per heavy atom. The molecule has 2 aromatic heterocycles. The molecule has 0 aliphatic heterocycles. The van der Waals surface area contributed by atoms with Crippen molar-refractivity contribution in [1.29, 1.82) is 0 Å². The van der Waals surface area contributed by atoms with Crippen LogP contribution in [0.4, 0.5) is 5.69 Å². The van der Waals surface area contributed by atoms with Crippen LogP contribution < -0.4 is 11.1 Å². The molecule has 0 bridgehead atoms. The monoisotopic (exact) mass is 233 g/mol. The summed E-state index contributed by atoms with van der Waals surface area (Å²) in [6.45, 7) is 3.71. The lowest BCUT2D eigenvalue weighted by Crippen LogP contribution is -2.14. The minimum Gasteiger partial charge on any atom is -0.397 e. The summed E-state index contributed by atoms with van der Waals surface area (Å²) in [7, 11) is 0. The SMILES string of the molecule is Cc1ccsc1CNCc1ncccc1N. The maximum atomic E-state index is 5.81. The molecule has 0 saturated heterocycles. The van der Waals surface area contributed by atoms with Gasteiger partial charge in [-0.15, -0.1) is 11.3 Å². The molecule has 0 radical (unpaired) electrons. The van der Waals surface area contributed by atoms with Crippen molar-refractivity contribution in [3.8, 4) is 0 Å². The van der Waals surface area contributed by atoms with E-state index in [4.69, 9.17) is 5.73 Å². The van der Waals surface area contributed by atoms with Crippen LogP contribution in [-0.2, 0) is 13.1 Å². The molecule has 0 spiro atoms. The summed E-state index contributed by atoms with van der Waals surface area (Å²) < 4.78 is 0. The normalized spacial score (nSPS) is 10.6. The quantitative estimate of drug-likeness (QED) is 0.852. The summed E-state index contributed by atoms with van der Waals surface area (Å²) in [6, 6.07) is 5.86. The second-order valence-corrected chi connectivity index (χ2v) is 4.67. The first-order chi connectivity index (χ1) is 7.77. The highest BCUT2D eigenvalue weighted by atomic mass is 32.1. The predicted molar refractivity (Wildman–Crippen MR) is 68.2 cm³/mol. The average molecular weight is 233 g/mol. The second-order valence-electron chi connectivity index (χ2n) is 3.67. The number of pyridine rings is 1. The number of nitrogens with one attached hydrogen (secondary N) is 1. The Kier molecular flexibility index (Phi) is 3.54. The molecular weight excluding hydrogens is 218 g/mol. The lowest BCUT2D eigenvalue weighted by atomic mass is 10.2. The zero-order chi connectivity index (χ0) is 11.4. The summed E-state index contributed by atoms with van der Waals surface area (Å²) in [5.74, 6) is 0. The number of anilines is 1. The van der Waals surface area contributed by atoms with Gasteiger partial charge in [0.2, 0.25) is 0 Å². The van der Waals surface area contributed by atoms with Crippen molar-refractivity contribution in [3.63, 3.8) is 0 Å². The molecule has 0 aliphatic carbocycles. The van der Waals surface area contributed by atoms with Gasteiger partial charge in [0.05, 0.1) is 11.4 Å². The molecule has 0 saturated carbocycles. The average Bonchev–Trinajstić information content (AvgIpc) is 2.67. The Labute approximate surface area is 99.3 Å². The number of rotatable bonds is 4. The molecular formula is C12H15N3S. The van der Waals surface area contributed by atoms with Crippen LogP contribution in [0.2, 0.25) is 0 Å². The Morgan fingerprint density at radius 2 is 2.25 bits per heavy atom. The third kappa shape index (κ3) is 2.59. The van der Waals surface area contributed by atoms with Crippen molar-refractivity contribution in [3.05, 3.63) is 45.9 Å². The fourth-order valence-electron chi connectivity index (χ4n) is 1.48. The minimum atomic E-state index is 0.712. The van der Waals surface area contributed by atoms with E-state index in [9.17, 15) is 0 Å². The molecule has 0 fully saturated rings. The summed E-state index contributed by atoms with van der Waals surface area (Å²) in [5.41, 5.74) is 8.81. The molecule has 0 aromatic carbocycles. The highest BCUT2D eigenvalue weighted by molar-refractivity contribution is 7.10. The molecule has 16 heavy (non-hydrogen) atoms. The van der Waals surface area contributed by atoms with E-state index in [1.54, 1.807) is 17.5 Å². The molecule has 0 aliphatic rings. The highest BCUT2D eigenvalue weighted by Crippen LogP contribution is 2.15. The van der Waals surface area contributed by atoms with Gasteiger partial charge < -0.3 is 11.1 Å². The van der Waals surface area contributed by atoms with Gasteiger partial charge in [0.1, 0.15) is 0 Å². The Balaban J connectivity index is 1.89. The summed E-state index contributed by atoms with van der Waals surface area (Å²) >= 11 is 1.77. The van der Waals surface area contributed by atoms with Gasteiger partial charge in [-0.25, -0.2) is 0 Å². The lowest BCUT2D eigenvalue weighted by molar-refractivity contribution is 0.686. The molecule has 0 unspecified atom stereocenters. The molecule has 0 atom stereocenters. The standard InChI is InChI=1S/C12H15N3S/c1-9-4-6-16-12(9)8-14-7-11-10(13)3-2-5-15-11/h2-6,14H,7-8,13H2,1H3. The third-order valence-electron chi connectivity index (χ3n) is 2.47. The van der Waals surface area contributed by atoms with Crippen molar-refractivity contribution in [1.82, 2.24) is 10.3 Å². The van der Waals surface area contributed by atoms with Gasteiger partial charge in [-0.3, -0.25) is 4.98 Å². The van der Waals surface area contributed by atoms with Crippen LogP contribution >= 0.6 is 11.3 Å². The molecule has 3 N–H and O–H groups in total. The topological polar surface area (TPSA) is 50.9 Å². The largest absolute Gasteiger partial charge is 0.397 e. The van der Waals surface area contributed by atoms with E-state index in [2.05, 4.69) is 28.7 Å². The van der Waals surface area contributed by atoms with Crippen LogP contribution in [0, 0.1) is 6.92 Å². The minimum absolute atomic E-state index is 0.712. The molecule has 0 amide bonds. The Bertz CT molecular complexity index is 465. The Morgan fingerprint density at radius 3 is 2.94 bits per heavy atom. The number of nitrogens with zero attached hydrogens (tertiary/aromatic N) is 1. The summed E-state index contributed by atoms with van der Waals surface area (Å²) in [5, 5.41) is 5.47. The van der Waals surface area contributed by atoms with Gasteiger partial charge in [-0.2, -0.15) is 0 Å². The predicted octanol–water partition coefficient (Wildman–Crippen LogP) is 2.32. The molecule has 2 heterocycles. The molecule has 2 rings (SSSR count). The van der Waals surface area contributed by atoms with Crippen LogP contribution in [0.15, 0.2) is 29.8 Å². The van der Waals surface area contributed by atoms with Crippen LogP contribution in [-0.4, -0.2) is 4.98 Å². The molecule has 2 aromatic rings. The molecule has 84 valence electrons. The van der Waals surface area contributed by atoms with Crippen molar-refractivity contribution in [2.75, 3.05) is 5.73 Å². The molecule has 4 heteroatoms. The van der Waals surface area contributed by atoms with E-state index in [1.807, 2.05) is 12.1 Å². The van der Waals surface area contributed by atoms with Crippen LogP contribution in [0.25, 0.3) is 0 Å². The van der Waals surface area contributed by atoms with E-state index in [0.29, 0.717) is 6.54 Å². The second kappa shape index (κ2) is 5.09. The van der Waals surface area contributed by atoms with Crippen molar-refractivity contribution in [2.45, 2.75) is 20.0 Å². The van der Waals surface area contributed by atoms with Gasteiger partial charge in [0.25, 0.3) is 0 Å². The highest BCUT2D eigenvalue weighted by Gasteiger charge is 2.01. The zero-order valence-electron chi connectivity index (χ0n) is 9.23. The number of aromatic nitrogens is 1. The van der Waals surface area contributed by atoms with Crippen LogP contribution in [0.1, 0.15) is 16.1 Å². The summed E-state index contributed by atoms with van der Waals surface area (Å²) in [4.78, 5) is 5.61. The van der Waals surface area contributed by atoms with E-state index in [0.717, 1.165) is 17.9 Å². The number of nitrogen functional groups attached to an aromatic ring is 1. The third-order valence-corrected chi connectivity index (χ3v) is 3.49. The van der Waals surface area contributed by atoms with Gasteiger partial charge in [0, 0.05) is 24.2 Å².